The van der Waals surface area contributed by atoms with E-state index in [-0.39, 0.29) is 18.2 Å². The molecular formula is C13H20N2O3S. The molecule has 1 aromatic carbocycles. The number of nitrogens with one attached hydrogen (secondary N) is 2. The molecule has 0 fully saturated rings. The maximum atomic E-state index is 11.7. The summed E-state index contributed by atoms with van der Waals surface area (Å²) in [5, 5.41) is 2.58. The van der Waals surface area contributed by atoms with E-state index in [0.717, 1.165) is 0 Å². The summed E-state index contributed by atoms with van der Waals surface area (Å²) in [5.74, 6) is -0.408. The van der Waals surface area contributed by atoms with E-state index in [9.17, 15) is 13.2 Å². The van der Waals surface area contributed by atoms with Crippen LogP contribution < -0.4 is 10.0 Å². The van der Waals surface area contributed by atoms with Crippen molar-refractivity contribution in [2.45, 2.75) is 26.3 Å². The van der Waals surface area contributed by atoms with Crippen LogP contribution in [0.4, 0.5) is 0 Å². The van der Waals surface area contributed by atoms with Gasteiger partial charge >= 0.3 is 0 Å². The molecule has 6 heteroatoms. The van der Waals surface area contributed by atoms with E-state index in [2.05, 4.69) is 10.0 Å². The van der Waals surface area contributed by atoms with Gasteiger partial charge in [-0.25, -0.2) is 13.1 Å². The standard InChI is InChI=1S/C13H20N2O3S/c1-13(2,3)15-19(17,18)10-9-14-12(16)11-7-5-4-6-8-11/h4-8,15H,9-10H2,1-3H3,(H,14,16). The molecular weight excluding hydrogens is 264 g/mol. The smallest absolute Gasteiger partial charge is 0.251 e. The lowest BCUT2D eigenvalue weighted by Gasteiger charge is -2.20. The Labute approximate surface area is 114 Å². The van der Waals surface area contributed by atoms with Gasteiger partial charge < -0.3 is 5.32 Å². The van der Waals surface area contributed by atoms with E-state index in [1.54, 1.807) is 45.0 Å². The minimum absolute atomic E-state index is 0.0825. The van der Waals surface area contributed by atoms with Gasteiger partial charge in [-0.2, -0.15) is 0 Å². The van der Waals surface area contributed by atoms with E-state index in [4.69, 9.17) is 0 Å². The van der Waals surface area contributed by atoms with Crippen molar-refractivity contribution in [3.8, 4) is 0 Å². The van der Waals surface area contributed by atoms with Gasteiger partial charge in [-0.3, -0.25) is 4.79 Å². The van der Waals surface area contributed by atoms with Crippen molar-refractivity contribution in [1.82, 2.24) is 10.0 Å². The predicted octanol–water partition coefficient (Wildman–Crippen LogP) is 1.13. The Hall–Kier alpha value is -1.40. The Bertz CT molecular complexity index is 519. The first-order chi connectivity index (χ1) is 8.70. The van der Waals surface area contributed by atoms with Gasteiger partial charge in [0.2, 0.25) is 10.0 Å². The molecule has 0 aliphatic rings. The first-order valence-electron chi connectivity index (χ1n) is 6.04. The molecule has 0 atom stereocenters. The average Bonchev–Trinajstić information content (AvgIpc) is 2.26. The van der Waals surface area contributed by atoms with E-state index in [1.165, 1.54) is 0 Å². The Morgan fingerprint density at radius 1 is 1.16 bits per heavy atom. The molecule has 5 nitrogen and oxygen atoms in total. The number of carbonyl (C=O) groups excluding carboxylic acids is 1. The number of hydrogen-bond acceptors (Lipinski definition) is 3. The second-order valence-electron chi connectivity index (χ2n) is 5.29. The molecule has 19 heavy (non-hydrogen) atoms. The van der Waals surface area contributed by atoms with Gasteiger partial charge in [-0.1, -0.05) is 18.2 Å². The summed E-state index contributed by atoms with van der Waals surface area (Å²) in [6.45, 7) is 5.40. The lowest BCUT2D eigenvalue weighted by atomic mass is 10.1. The van der Waals surface area contributed by atoms with Crippen LogP contribution in [0.15, 0.2) is 30.3 Å². The van der Waals surface area contributed by atoms with Gasteiger partial charge in [0, 0.05) is 17.6 Å². The summed E-state index contributed by atoms with van der Waals surface area (Å²) in [5.41, 5.74) is 0.00566. The molecule has 1 amide bonds. The van der Waals surface area contributed by atoms with E-state index < -0.39 is 15.6 Å². The molecule has 0 aliphatic heterocycles. The average molecular weight is 284 g/mol. The molecule has 1 aromatic rings. The molecule has 106 valence electrons. The van der Waals surface area contributed by atoms with Crippen molar-refractivity contribution in [1.29, 1.82) is 0 Å². The van der Waals surface area contributed by atoms with Gasteiger partial charge in [0.05, 0.1) is 5.75 Å². The lowest BCUT2D eigenvalue weighted by Crippen LogP contribution is -2.43. The van der Waals surface area contributed by atoms with Crippen molar-refractivity contribution in [3.05, 3.63) is 35.9 Å². The highest BCUT2D eigenvalue weighted by Crippen LogP contribution is 2.02. The van der Waals surface area contributed by atoms with E-state index >= 15 is 0 Å². The Balaban J connectivity index is 2.45. The number of amides is 1. The highest BCUT2D eigenvalue weighted by molar-refractivity contribution is 7.89. The van der Waals surface area contributed by atoms with Crippen LogP contribution in [0.1, 0.15) is 31.1 Å². The first-order valence-corrected chi connectivity index (χ1v) is 7.70. The van der Waals surface area contributed by atoms with Gasteiger partial charge in [0.25, 0.3) is 5.91 Å². The van der Waals surface area contributed by atoms with Crippen LogP contribution in [0, 0.1) is 0 Å². The molecule has 0 aromatic heterocycles. The largest absolute Gasteiger partial charge is 0.351 e. The third kappa shape index (κ3) is 6.35. The monoisotopic (exact) mass is 284 g/mol. The number of rotatable bonds is 5. The third-order valence-electron chi connectivity index (χ3n) is 2.15. The second kappa shape index (κ2) is 6.16. The molecule has 2 N–H and O–H groups in total. The van der Waals surface area contributed by atoms with Gasteiger partial charge in [0.15, 0.2) is 0 Å². The summed E-state index contributed by atoms with van der Waals surface area (Å²) in [7, 11) is -3.38. The minimum Gasteiger partial charge on any atom is -0.351 e. The van der Waals surface area contributed by atoms with Crippen LogP contribution in [0.2, 0.25) is 0 Å². The highest BCUT2D eigenvalue weighted by Gasteiger charge is 2.19. The number of sulfonamides is 1. The summed E-state index contributed by atoms with van der Waals surface area (Å²) >= 11 is 0. The van der Waals surface area contributed by atoms with Crippen LogP contribution >= 0.6 is 0 Å². The van der Waals surface area contributed by atoms with Crippen molar-refractivity contribution in [2.24, 2.45) is 0 Å². The molecule has 0 aliphatic carbocycles. The van der Waals surface area contributed by atoms with Crippen LogP contribution in [0.5, 0.6) is 0 Å². The van der Waals surface area contributed by atoms with Gasteiger partial charge in [0.1, 0.15) is 0 Å². The maximum Gasteiger partial charge on any atom is 0.251 e. The summed E-state index contributed by atoms with van der Waals surface area (Å²) in [4.78, 5) is 11.7. The minimum atomic E-state index is -3.38. The van der Waals surface area contributed by atoms with Crippen molar-refractivity contribution in [2.75, 3.05) is 12.3 Å². The van der Waals surface area contributed by atoms with Crippen molar-refractivity contribution >= 4 is 15.9 Å². The second-order valence-corrected chi connectivity index (χ2v) is 7.13. The Kier molecular flexibility index (Phi) is 5.08. The molecule has 0 bridgehead atoms. The Morgan fingerprint density at radius 2 is 1.74 bits per heavy atom. The highest BCUT2D eigenvalue weighted by atomic mass is 32.2. The van der Waals surface area contributed by atoms with E-state index in [1.807, 2.05) is 6.07 Å². The maximum absolute atomic E-state index is 11.7. The zero-order valence-corrected chi connectivity index (χ0v) is 12.3. The van der Waals surface area contributed by atoms with Gasteiger partial charge in [-0.15, -0.1) is 0 Å². The summed E-state index contributed by atoms with van der Waals surface area (Å²) in [6.07, 6.45) is 0. The predicted molar refractivity (Wildman–Crippen MR) is 75.5 cm³/mol. The fourth-order valence-corrected chi connectivity index (χ4v) is 2.91. The lowest BCUT2D eigenvalue weighted by molar-refractivity contribution is 0.0956. The first kappa shape index (κ1) is 15.7. The van der Waals surface area contributed by atoms with Crippen LogP contribution in [-0.4, -0.2) is 32.2 Å². The molecule has 0 unspecified atom stereocenters. The number of carbonyl (C=O) groups is 1. The zero-order valence-electron chi connectivity index (χ0n) is 11.4. The molecule has 0 heterocycles. The molecule has 0 spiro atoms. The summed E-state index contributed by atoms with van der Waals surface area (Å²) in [6, 6.07) is 8.68. The molecule has 1 rings (SSSR count). The molecule has 0 saturated heterocycles. The topological polar surface area (TPSA) is 75.3 Å². The van der Waals surface area contributed by atoms with Crippen LogP contribution in [-0.2, 0) is 10.0 Å². The van der Waals surface area contributed by atoms with Crippen LogP contribution in [0.25, 0.3) is 0 Å². The third-order valence-corrected chi connectivity index (χ3v) is 3.82. The fraction of sp³-hybridized carbons (Fsp3) is 0.462. The fourth-order valence-electron chi connectivity index (χ4n) is 1.51. The SMILES string of the molecule is CC(C)(C)NS(=O)(=O)CCNC(=O)c1ccccc1. The van der Waals surface area contributed by atoms with Gasteiger partial charge in [-0.05, 0) is 32.9 Å². The van der Waals surface area contributed by atoms with Crippen molar-refractivity contribution < 1.29 is 13.2 Å². The Morgan fingerprint density at radius 3 is 2.26 bits per heavy atom. The summed E-state index contributed by atoms with van der Waals surface area (Å²) < 4.78 is 25.9. The van der Waals surface area contributed by atoms with Crippen LogP contribution in [0.3, 0.4) is 0 Å². The normalized spacial score (nSPS) is 12.2. The zero-order chi connectivity index (χ0) is 14.5. The van der Waals surface area contributed by atoms with E-state index in [0.29, 0.717) is 5.56 Å². The molecule has 0 saturated carbocycles. The van der Waals surface area contributed by atoms with Crippen molar-refractivity contribution in [3.63, 3.8) is 0 Å². The number of benzene rings is 1. The molecule has 0 radical (unpaired) electrons. The quantitative estimate of drug-likeness (QED) is 0.851. The number of hydrogen-bond donors (Lipinski definition) is 2.